The summed E-state index contributed by atoms with van der Waals surface area (Å²) in [7, 11) is 0. The van der Waals surface area contributed by atoms with E-state index in [9.17, 15) is 0 Å². The van der Waals surface area contributed by atoms with Gasteiger partial charge < -0.3 is 10.3 Å². The smallest absolute Gasteiger partial charge is 0.236 e. The summed E-state index contributed by atoms with van der Waals surface area (Å²) in [6, 6.07) is 0. The van der Waals surface area contributed by atoms with Crippen molar-refractivity contribution >= 4 is 11.8 Å². The monoisotopic (exact) mass is 229 g/mol. The highest BCUT2D eigenvalue weighted by Crippen LogP contribution is 2.16. The predicted molar refractivity (Wildman–Crippen MR) is 62.6 cm³/mol. The van der Waals surface area contributed by atoms with E-state index in [0.29, 0.717) is 11.7 Å². The van der Waals surface area contributed by atoms with Gasteiger partial charge in [0.1, 0.15) is 0 Å². The number of rotatable bonds is 6. The third-order valence-corrected chi connectivity index (χ3v) is 2.94. The first-order valence-electron chi connectivity index (χ1n) is 5.23. The maximum absolute atomic E-state index is 5.85. The molecule has 0 saturated carbocycles. The van der Waals surface area contributed by atoms with Gasteiger partial charge in [-0.1, -0.05) is 18.5 Å². The van der Waals surface area contributed by atoms with Gasteiger partial charge in [-0.2, -0.15) is 16.7 Å². The van der Waals surface area contributed by atoms with Crippen LogP contribution in [-0.4, -0.2) is 15.9 Å². The van der Waals surface area contributed by atoms with Gasteiger partial charge in [0.05, 0.1) is 11.3 Å². The van der Waals surface area contributed by atoms with Crippen LogP contribution in [0.1, 0.15) is 45.3 Å². The lowest BCUT2D eigenvalue weighted by Crippen LogP contribution is -2.30. The Balaban J connectivity index is 2.40. The van der Waals surface area contributed by atoms with Gasteiger partial charge in [0.2, 0.25) is 5.89 Å². The summed E-state index contributed by atoms with van der Waals surface area (Å²) < 4.78 is 5.11. The normalized spacial score (nSPS) is 12.0. The molecule has 0 unspecified atom stereocenters. The van der Waals surface area contributed by atoms with E-state index in [1.807, 2.05) is 25.6 Å². The predicted octanol–water partition coefficient (Wildman–Crippen LogP) is 2.30. The Morgan fingerprint density at radius 1 is 1.47 bits per heavy atom. The fourth-order valence-corrected chi connectivity index (χ4v) is 1.91. The number of hydrogen-bond acceptors (Lipinski definition) is 5. The molecule has 1 aromatic rings. The van der Waals surface area contributed by atoms with Gasteiger partial charge in [-0.25, -0.2) is 0 Å². The quantitative estimate of drug-likeness (QED) is 0.758. The molecule has 0 aliphatic carbocycles. The van der Waals surface area contributed by atoms with Gasteiger partial charge in [-0.15, -0.1) is 0 Å². The van der Waals surface area contributed by atoms with Crippen LogP contribution in [0.3, 0.4) is 0 Å². The highest BCUT2D eigenvalue weighted by Gasteiger charge is 2.21. The lowest BCUT2D eigenvalue weighted by molar-refractivity contribution is 0.370. The molecule has 0 fully saturated rings. The van der Waals surface area contributed by atoms with E-state index in [1.165, 1.54) is 12.8 Å². The summed E-state index contributed by atoms with van der Waals surface area (Å²) in [5.41, 5.74) is 5.34. The number of unbranched alkanes of at least 4 members (excludes halogenated alkanes) is 1. The zero-order valence-corrected chi connectivity index (χ0v) is 10.4. The molecule has 4 nitrogen and oxygen atoms in total. The molecule has 0 amide bonds. The van der Waals surface area contributed by atoms with E-state index in [0.717, 1.165) is 11.5 Å². The van der Waals surface area contributed by atoms with E-state index in [4.69, 9.17) is 10.3 Å². The summed E-state index contributed by atoms with van der Waals surface area (Å²) in [5.74, 6) is 3.17. The number of aromatic nitrogens is 2. The number of nitrogens with zero attached hydrogens (tertiary/aromatic N) is 2. The molecule has 2 N–H and O–H groups in total. The number of nitrogens with two attached hydrogens (primary N) is 1. The van der Waals surface area contributed by atoms with Gasteiger partial charge >= 0.3 is 0 Å². The maximum atomic E-state index is 5.85. The Kier molecular flexibility index (Phi) is 4.60. The second-order valence-corrected chi connectivity index (χ2v) is 5.24. The van der Waals surface area contributed by atoms with Crippen molar-refractivity contribution < 1.29 is 4.52 Å². The fourth-order valence-electron chi connectivity index (χ4n) is 0.981. The third-order valence-electron chi connectivity index (χ3n) is 1.91. The van der Waals surface area contributed by atoms with Crippen LogP contribution in [0.5, 0.6) is 0 Å². The Bertz CT molecular complexity index is 293. The van der Waals surface area contributed by atoms with Crippen molar-refractivity contribution in [3.63, 3.8) is 0 Å². The molecular formula is C10H19N3OS. The third kappa shape index (κ3) is 4.22. The van der Waals surface area contributed by atoms with E-state index in [-0.39, 0.29) is 0 Å². The molecule has 0 aromatic carbocycles. The summed E-state index contributed by atoms with van der Waals surface area (Å²) in [6.07, 6.45) is 2.45. The van der Waals surface area contributed by atoms with Crippen LogP contribution in [0.15, 0.2) is 4.52 Å². The lowest BCUT2D eigenvalue weighted by atomic mass is 10.1. The van der Waals surface area contributed by atoms with E-state index >= 15 is 0 Å². The Morgan fingerprint density at radius 2 is 2.20 bits per heavy atom. The molecule has 1 heterocycles. The minimum Gasteiger partial charge on any atom is -0.338 e. The van der Waals surface area contributed by atoms with E-state index in [1.54, 1.807) is 0 Å². The van der Waals surface area contributed by atoms with Crippen LogP contribution in [0, 0.1) is 0 Å². The van der Waals surface area contributed by atoms with Gasteiger partial charge in [0.25, 0.3) is 0 Å². The molecular weight excluding hydrogens is 210 g/mol. The first-order valence-corrected chi connectivity index (χ1v) is 6.39. The summed E-state index contributed by atoms with van der Waals surface area (Å²) in [6.45, 7) is 5.92. The number of hydrogen-bond donors (Lipinski definition) is 1. The molecule has 0 aliphatic rings. The van der Waals surface area contributed by atoms with Crippen molar-refractivity contribution in [3.05, 3.63) is 11.7 Å². The Morgan fingerprint density at radius 3 is 2.73 bits per heavy atom. The molecule has 0 bridgehead atoms. The molecule has 0 radical (unpaired) electrons. The van der Waals surface area contributed by atoms with Crippen LogP contribution in [-0.2, 0) is 11.3 Å². The van der Waals surface area contributed by atoms with E-state index < -0.39 is 5.54 Å². The van der Waals surface area contributed by atoms with Gasteiger partial charge in [-0.3, -0.25) is 0 Å². The second-order valence-electron chi connectivity index (χ2n) is 4.14. The standard InChI is InChI=1S/C10H19N3OS/c1-4-5-6-15-7-8-12-9(13-14-8)10(2,3)11/h4-7,11H2,1-3H3. The fraction of sp³-hybridized carbons (Fsp3) is 0.800. The molecule has 5 heteroatoms. The first-order chi connectivity index (χ1) is 7.04. The summed E-state index contributed by atoms with van der Waals surface area (Å²) in [5, 5.41) is 3.86. The van der Waals surface area contributed by atoms with Crippen molar-refractivity contribution in [1.29, 1.82) is 0 Å². The van der Waals surface area contributed by atoms with Gasteiger partial charge in [-0.05, 0) is 26.0 Å². The molecule has 0 atom stereocenters. The molecule has 86 valence electrons. The van der Waals surface area contributed by atoms with Crippen molar-refractivity contribution in [2.45, 2.75) is 44.9 Å². The molecule has 0 aliphatic heterocycles. The average Bonchev–Trinajstić information content (AvgIpc) is 2.60. The minimum atomic E-state index is -0.518. The summed E-state index contributed by atoms with van der Waals surface area (Å²) in [4.78, 5) is 4.26. The largest absolute Gasteiger partial charge is 0.338 e. The second kappa shape index (κ2) is 5.51. The Labute approximate surface area is 95.0 Å². The minimum absolute atomic E-state index is 0.518. The van der Waals surface area contributed by atoms with Gasteiger partial charge in [0, 0.05) is 0 Å². The SMILES string of the molecule is CCCCSCc1nc(C(C)(C)N)no1. The van der Waals surface area contributed by atoms with Crippen molar-refractivity contribution in [3.8, 4) is 0 Å². The van der Waals surface area contributed by atoms with Crippen LogP contribution in [0.4, 0.5) is 0 Å². The highest BCUT2D eigenvalue weighted by atomic mass is 32.2. The van der Waals surface area contributed by atoms with Crippen molar-refractivity contribution in [1.82, 2.24) is 10.1 Å². The van der Waals surface area contributed by atoms with E-state index in [2.05, 4.69) is 17.1 Å². The molecule has 1 aromatic heterocycles. The van der Waals surface area contributed by atoms with Gasteiger partial charge in [0.15, 0.2) is 5.82 Å². The molecule has 15 heavy (non-hydrogen) atoms. The maximum Gasteiger partial charge on any atom is 0.236 e. The zero-order chi connectivity index (χ0) is 11.3. The van der Waals surface area contributed by atoms with Crippen LogP contribution < -0.4 is 5.73 Å². The van der Waals surface area contributed by atoms with Crippen molar-refractivity contribution in [2.75, 3.05) is 5.75 Å². The van der Waals surface area contributed by atoms with Crippen LogP contribution in [0.2, 0.25) is 0 Å². The summed E-state index contributed by atoms with van der Waals surface area (Å²) >= 11 is 1.82. The molecule has 1 rings (SSSR count). The lowest BCUT2D eigenvalue weighted by Gasteiger charge is -2.11. The zero-order valence-electron chi connectivity index (χ0n) is 9.62. The first kappa shape index (κ1) is 12.5. The number of thioether (sulfide) groups is 1. The van der Waals surface area contributed by atoms with Crippen LogP contribution in [0.25, 0.3) is 0 Å². The molecule has 0 spiro atoms. The van der Waals surface area contributed by atoms with Crippen molar-refractivity contribution in [2.24, 2.45) is 5.73 Å². The highest BCUT2D eigenvalue weighted by molar-refractivity contribution is 7.98. The average molecular weight is 229 g/mol. The molecule has 0 saturated heterocycles. The van der Waals surface area contributed by atoms with Crippen LogP contribution >= 0.6 is 11.8 Å². The Hall–Kier alpha value is -0.550. The topological polar surface area (TPSA) is 64.9 Å².